The van der Waals surface area contributed by atoms with E-state index < -0.39 is 0 Å². The number of H-pyrrole nitrogens is 1. The van der Waals surface area contributed by atoms with Crippen molar-refractivity contribution in [3.63, 3.8) is 0 Å². The van der Waals surface area contributed by atoms with E-state index in [4.69, 9.17) is 5.73 Å². The van der Waals surface area contributed by atoms with Crippen molar-refractivity contribution in [2.45, 2.75) is 13.0 Å². The third-order valence-electron chi connectivity index (χ3n) is 2.40. The van der Waals surface area contributed by atoms with Crippen molar-refractivity contribution in [1.82, 2.24) is 9.55 Å². The Hall–Kier alpha value is -1.97. The molecule has 2 aromatic rings. The molecule has 0 spiro atoms. The van der Waals surface area contributed by atoms with Crippen molar-refractivity contribution in [3.05, 3.63) is 52.7 Å². The molecule has 0 aliphatic carbocycles. The fourth-order valence-electron chi connectivity index (χ4n) is 1.53. The molecular weight excluding hydrogens is 190 g/mol. The lowest BCUT2D eigenvalue weighted by molar-refractivity contribution is 0.672. The molecule has 1 aromatic heterocycles. The topological polar surface area (TPSA) is 63.8 Å². The molecule has 2 rings (SSSR count). The molecule has 0 radical (unpaired) electrons. The maximum atomic E-state index is 11.2. The molecule has 0 atom stereocenters. The molecular formula is C11H13N3O. The number of aromatic amines is 1. The molecule has 1 heterocycles. The summed E-state index contributed by atoms with van der Waals surface area (Å²) in [5.41, 5.74) is 7.58. The van der Waals surface area contributed by atoms with Crippen LogP contribution in [-0.4, -0.2) is 9.55 Å². The smallest absolute Gasteiger partial charge is 0.325 e. The minimum atomic E-state index is -0.0792. The highest BCUT2D eigenvalue weighted by Crippen LogP contribution is 2.11. The molecule has 78 valence electrons. The summed E-state index contributed by atoms with van der Waals surface area (Å²) >= 11 is 0. The van der Waals surface area contributed by atoms with E-state index in [0.717, 1.165) is 17.7 Å². The standard InChI is InChI=1S/C11H13N3O/c12-10-4-2-1-3-9(10)5-7-14-8-6-13-11(14)15/h1-4,6,8H,5,7,12H2,(H,13,15). The number of anilines is 1. The minimum absolute atomic E-state index is 0.0792. The van der Waals surface area contributed by atoms with Gasteiger partial charge in [0.1, 0.15) is 0 Å². The average Bonchev–Trinajstić information content (AvgIpc) is 2.63. The molecule has 0 bridgehead atoms. The molecule has 4 heteroatoms. The van der Waals surface area contributed by atoms with Crippen molar-refractivity contribution in [2.75, 3.05) is 5.73 Å². The zero-order chi connectivity index (χ0) is 10.7. The number of aryl methyl sites for hydroxylation is 2. The number of hydrogen-bond donors (Lipinski definition) is 2. The molecule has 0 aliphatic heterocycles. The van der Waals surface area contributed by atoms with Crippen LogP contribution in [0.3, 0.4) is 0 Å². The van der Waals surface area contributed by atoms with E-state index in [-0.39, 0.29) is 5.69 Å². The molecule has 3 N–H and O–H groups in total. The van der Waals surface area contributed by atoms with Gasteiger partial charge in [0.2, 0.25) is 0 Å². The number of nitrogens with zero attached hydrogens (tertiary/aromatic N) is 1. The number of aromatic nitrogens is 2. The highest BCUT2D eigenvalue weighted by atomic mass is 16.1. The normalized spacial score (nSPS) is 10.4. The second kappa shape index (κ2) is 4.04. The molecule has 0 amide bonds. The summed E-state index contributed by atoms with van der Waals surface area (Å²) < 4.78 is 1.63. The average molecular weight is 203 g/mol. The first-order chi connectivity index (χ1) is 7.27. The number of nitrogen functional groups attached to an aromatic ring is 1. The quantitative estimate of drug-likeness (QED) is 0.731. The zero-order valence-electron chi connectivity index (χ0n) is 8.31. The summed E-state index contributed by atoms with van der Waals surface area (Å²) in [6.07, 6.45) is 4.14. The van der Waals surface area contributed by atoms with Gasteiger partial charge in [0, 0.05) is 24.6 Å². The SMILES string of the molecule is Nc1ccccc1CCn1cc[nH]c1=O. The minimum Gasteiger partial charge on any atom is -0.399 e. The molecule has 4 nitrogen and oxygen atoms in total. The van der Waals surface area contributed by atoms with Crippen LogP contribution >= 0.6 is 0 Å². The largest absolute Gasteiger partial charge is 0.399 e. The van der Waals surface area contributed by atoms with Crippen LogP contribution in [-0.2, 0) is 13.0 Å². The maximum Gasteiger partial charge on any atom is 0.325 e. The Morgan fingerprint density at radius 1 is 1.33 bits per heavy atom. The highest BCUT2D eigenvalue weighted by molar-refractivity contribution is 5.46. The van der Waals surface area contributed by atoms with Gasteiger partial charge in [-0.1, -0.05) is 18.2 Å². The van der Waals surface area contributed by atoms with Crippen molar-refractivity contribution in [2.24, 2.45) is 0 Å². The molecule has 0 unspecified atom stereocenters. The summed E-state index contributed by atoms with van der Waals surface area (Å²) in [5.74, 6) is 0. The fourth-order valence-corrected chi connectivity index (χ4v) is 1.53. The summed E-state index contributed by atoms with van der Waals surface area (Å²) in [7, 11) is 0. The lowest BCUT2D eigenvalue weighted by atomic mass is 10.1. The number of hydrogen-bond acceptors (Lipinski definition) is 2. The van der Waals surface area contributed by atoms with Crippen LogP contribution in [0.15, 0.2) is 41.5 Å². The molecule has 15 heavy (non-hydrogen) atoms. The molecule has 0 saturated heterocycles. The second-order valence-electron chi connectivity index (χ2n) is 3.41. The molecule has 1 aromatic carbocycles. The van der Waals surface area contributed by atoms with Gasteiger partial charge in [0.05, 0.1) is 0 Å². The van der Waals surface area contributed by atoms with Gasteiger partial charge in [0.25, 0.3) is 0 Å². The molecule has 0 aliphatic rings. The van der Waals surface area contributed by atoms with Crippen LogP contribution in [0.4, 0.5) is 5.69 Å². The Kier molecular flexibility index (Phi) is 2.58. The highest BCUT2D eigenvalue weighted by Gasteiger charge is 1.99. The fraction of sp³-hybridized carbons (Fsp3) is 0.182. The van der Waals surface area contributed by atoms with Gasteiger partial charge in [-0.15, -0.1) is 0 Å². The van der Waals surface area contributed by atoms with Gasteiger partial charge in [-0.2, -0.15) is 0 Å². The van der Waals surface area contributed by atoms with Crippen LogP contribution in [0.2, 0.25) is 0 Å². The number of imidazole rings is 1. The van der Waals surface area contributed by atoms with Crippen LogP contribution in [0.25, 0.3) is 0 Å². The Morgan fingerprint density at radius 3 is 2.80 bits per heavy atom. The van der Waals surface area contributed by atoms with E-state index in [2.05, 4.69) is 4.98 Å². The summed E-state index contributed by atoms with van der Waals surface area (Å²) in [6.45, 7) is 0.649. The molecule has 0 fully saturated rings. The zero-order valence-corrected chi connectivity index (χ0v) is 8.31. The lowest BCUT2D eigenvalue weighted by Gasteiger charge is -2.04. The summed E-state index contributed by atoms with van der Waals surface area (Å²) in [6, 6.07) is 7.70. The maximum absolute atomic E-state index is 11.2. The van der Waals surface area contributed by atoms with Crippen molar-refractivity contribution < 1.29 is 0 Å². The van der Waals surface area contributed by atoms with Crippen LogP contribution in [0.5, 0.6) is 0 Å². The van der Waals surface area contributed by atoms with Crippen LogP contribution in [0.1, 0.15) is 5.56 Å². The number of rotatable bonds is 3. The number of nitrogens with two attached hydrogens (primary N) is 1. The predicted molar refractivity (Wildman–Crippen MR) is 59.6 cm³/mol. The van der Waals surface area contributed by atoms with Gasteiger partial charge < -0.3 is 10.7 Å². The van der Waals surface area contributed by atoms with E-state index in [0.29, 0.717) is 6.54 Å². The van der Waals surface area contributed by atoms with Crippen molar-refractivity contribution in [3.8, 4) is 0 Å². The van der Waals surface area contributed by atoms with E-state index in [1.54, 1.807) is 17.0 Å². The Bertz CT molecular complexity index is 498. The Balaban J connectivity index is 2.09. The van der Waals surface area contributed by atoms with Gasteiger partial charge in [-0.05, 0) is 18.1 Å². The summed E-state index contributed by atoms with van der Waals surface area (Å²) in [4.78, 5) is 13.8. The second-order valence-corrected chi connectivity index (χ2v) is 3.41. The van der Waals surface area contributed by atoms with E-state index in [1.807, 2.05) is 24.3 Å². The number of benzene rings is 1. The monoisotopic (exact) mass is 203 g/mol. The third-order valence-corrected chi connectivity index (χ3v) is 2.40. The first-order valence-corrected chi connectivity index (χ1v) is 4.84. The summed E-state index contributed by atoms with van der Waals surface area (Å²) in [5, 5.41) is 0. The van der Waals surface area contributed by atoms with E-state index in [1.165, 1.54) is 0 Å². The third kappa shape index (κ3) is 2.10. The Labute approximate surface area is 87.4 Å². The van der Waals surface area contributed by atoms with Gasteiger partial charge in [-0.25, -0.2) is 4.79 Å². The van der Waals surface area contributed by atoms with Gasteiger partial charge in [0.15, 0.2) is 0 Å². The van der Waals surface area contributed by atoms with E-state index in [9.17, 15) is 4.79 Å². The molecule has 0 saturated carbocycles. The predicted octanol–water partition coefficient (Wildman–Crippen LogP) is 1.00. The Morgan fingerprint density at radius 2 is 2.13 bits per heavy atom. The first kappa shape index (κ1) is 9.58. The van der Waals surface area contributed by atoms with Crippen LogP contribution < -0.4 is 11.4 Å². The van der Waals surface area contributed by atoms with Crippen molar-refractivity contribution in [1.29, 1.82) is 0 Å². The number of para-hydroxylation sites is 1. The lowest BCUT2D eigenvalue weighted by Crippen LogP contribution is -2.17. The van der Waals surface area contributed by atoms with Gasteiger partial charge in [-0.3, -0.25) is 4.57 Å². The van der Waals surface area contributed by atoms with E-state index >= 15 is 0 Å². The first-order valence-electron chi connectivity index (χ1n) is 4.84. The van der Waals surface area contributed by atoms with Crippen molar-refractivity contribution >= 4 is 5.69 Å². The van der Waals surface area contributed by atoms with Gasteiger partial charge >= 0.3 is 5.69 Å². The number of nitrogens with one attached hydrogen (secondary N) is 1. The van der Waals surface area contributed by atoms with Crippen LogP contribution in [0, 0.1) is 0 Å².